The van der Waals surface area contributed by atoms with Gasteiger partial charge in [-0.3, -0.25) is 9.48 Å². The van der Waals surface area contributed by atoms with E-state index in [1.54, 1.807) is 52.2 Å². The molecule has 2 heterocycles. The van der Waals surface area contributed by atoms with E-state index in [1.165, 1.54) is 0 Å². The number of benzene rings is 2. The lowest BCUT2D eigenvalue weighted by Crippen LogP contribution is -2.26. The van der Waals surface area contributed by atoms with Crippen molar-refractivity contribution in [3.8, 4) is 17.2 Å². The second kappa shape index (κ2) is 8.32. The molecule has 0 unspecified atom stereocenters. The van der Waals surface area contributed by atoms with Gasteiger partial charge in [0.05, 0.1) is 30.4 Å². The van der Waals surface area contributed by atoms with Crippen LogP contribution >= 0.6 is 0 Å². The number of ether oxygens (including phenoxy) is 3. The number of cyclic esters (lactones) is 1. The molecule has 156 valence electrons. The predicted molar refractivity (Wildman–Crippen MR) is 109 cm³/mol. The third-order valence-corrected chi connectivity index (χ3v) is 4.85. The molecule has 1 aliphatic rings. The van der Waals surface area contributed by atoms with Gasteiger partial charge < -0.3 is 24.8 Å². The highest BCUT2D eigenvalue weighted by molar-refractivity contribution is 6.00. The third kappa shape index (κ3) is 4.14. The first-order valence-corrected chi connectivity index (χ1v) is 9.59. The number of aromatic nitrogens is 2. The highest BCUT2D eigenvalue weighted by Crippen LogP contribution is 2.30. The number of hydrogen-bond acceptors (Lipinski definition) is 6. The standard InChI is InChI=1S/C21H22N4O5/c1-24-18-12-19(17(20(22)26)11-14(18)13-23-24)30-16-5-3-15(4-6-16)28-9-2-7-25-8-10-29-21(25)27/h3-6,11-13H,2,7-10H2,1H3,(H2,22,26). The topological polar surface area (TPSA) is 109 Å². The first kappa shape index (κ1) is 19.6. The molecule has 4 rings (SSSR count). The van der Waals surface area contributed by atoms with Gasteiger partial charge in [0.2, 0.25) is 0 Å². The Labute approximate surface area is 172 Å². The number of aryl methyl sites for hydroxylation is 1. The van der Waals surface area contributed by atoms with E-state index >= 15 is 0 Å². The van der Waals surface area contributed by atoms with Crippen molar-refractivity contribution in [3.63, 3.8) is 0 Å². The van der Waals surface area contributed by atoms with Crippen molar-refractivity contribution in [2.45, 2.75) is 6.42 Å². The zero-order chi connectivity index (χ0) is 21.1. The summed E-state index contributed by atoms with van der Waals surface area (Å²) in [6, 6.07) is 10.5. The van der Waals surface area contributed by atoms with Crippen LogP contribution in [0.4, 0.5) is 4.79 Å². The first-order valence-electron chi connectivity index (χ1n) is 9.59. The minimum atomic E-state index is -0.572. The van der Waals surface area contributed by atoms with Crippen LogP contribution in [0.5, 0.6) is 17.2 Å². The van der Waals surface area contributed by atoms with E-state index in [9.17, 15) is 9.59 Å². The quantitative estimate of drug-likeness (QED) is 0.572. The van der Waals surface area contributed by atoms with Crippen LogP contribution in [0.2, 0.25) is 0 Å². The summed E-state index contributed by atoms with van der Waals surface area (Å²) in [7, 11) is 1.81. The summed E-state index contributed by atoms with van der Waals surface area (Å²) in [6.45, 7) is 2.16. The second-order valence-electron chi connectivity index (χ2n) is 6.92. The molecule has 0 aliphatic carbocycles. The minimum Gasteiger partial charge on any atom is -0.494 e. The molecule has 0 spiro atoms. The summed E-state index contributed by atoms with van der Waals surface area (Å²) in [5.74, 6) is 1.03. The fraction of sp³-hybridized carbons (Fsp3) is 0.286. The van der Waals surface area contributed by atoms with Gasteiger partial charge in [-0.25, -0.2) is 4.79 Å². The summed E-state index contributed by atoms with van der Waals surface area (Å²) in [6.07, 6.45) is 2.11. The van der Waals surface area contributed by atoms with Crippen LogP contribution < -0.4 is 15.2 Å². The van der Waals surface area contributed by atoms with Crippen LogP contribution in [0, 0.1) is 0 Å². The van der Waals surface area contributed by atoms with E-state index in [-0.39, 0.29) is 11.7 Å². The maximum Gasteiger partial charge on any atom is 0.409 e. The van der Waals surface area contributed by atoms with Crippen molar-refractivity contribution >= 4 is 22.9 Å². The molecule has 1 fully saturated rings. The maximum absolute atomic E-state index is 11.8. The van der Waals surface area contributed by atoms with Crippen LogP contribution in [-0.4, -0.2) is 53.0 Å². The fourth-order valence-electron chi connectivity index (χ4n) is 3.26. The Morgan fingerprint density at radius 3 is 2.70 bits per heavy atom. The van der Waals surface area contributed by atoms with Gasteiger partial charge in [-0.1, -0.05) is 0 Å². The Bertz CT molecular complexity index is 1080. The van der Waals surface area contributed by atoms with Crippen LogP contribution in [0.1, 0.15) is 16.8 Å². The number of fused-ring (bicyclic) bond motifs is 1. The van der Waals surface area contributed by atoms with Gasteiger partial charge in [-0.15, -0.1) is 0 Å². The zero-order valence-electron chi connectivity index (χ0n) is 16.5. The molecule has 3 aromatic rings. The molecule has 9 nitrogen and oxygen atoms in total. The number of carbonyl (C=O) groups excluding carboxylic acids is 2. The van der Waals surface area contributed by atoms with Gasteiger partial charge in [0, 0.05) is 25.0 Å². The summed E-state index contributed by atoms with van der Waals surface area (Å²) >= 11 is 0. The molecule has 0 atom stereocenters. The molecular formula is C21H22N4O5. The minimum absolute atomic E-state index is 0.267. The average molecular weight is 410 g/mol. The van der Waals surface area contributed by atoms with E-state index in [4.69, 9.17) is 19.9 Å². The van der Waals surface area contributed by atoms with Crippen molar-refractivity contribution in [1.29, 1.82) is 0 Å². The monoisotopic (exact) mass is 410 g/mol. The molecule has 2 N–H and O–H groups in total. The molecule has 30 heavy (non-hydrogen) atoms. The van der Waals surface area contributed by atoms with E-state index in [0.29, 0.717) is 50.0 Å². The normalized spacial score (nSPS) is 13.5. The van der Waals surface area contributed by atoms with Crippen molar-refractivity contribution in [2.75, 3.05) is 26.3 Å². The van der Waals surface area contributed by atoms with Gasteiger partial charge in [0.15, 0.2) is 0 Å². The Balaban J connectivity index is 1.38. The van der Waals surface area contributed by atoms with Crippen LogP contribution in [0.15, 0.2) is 42.6 Å². The zero-order valence-corrected chi connectivity index (χ0v) is 16.5. The van der Waals surface area contributed by atoms with E-state index in [0.717, 1.165) is 10.9 Å². The second-order valence-corrected chi connectivity index (χ2v) is 6.92. The number of primary amides is 1. The Morgan fingerprint density at radius 1 is 1.23 bits per heavy atom. The third-order valence-electron chi connectivity index (χ3n) is 4.85. The number of nitrogens with zero attached hydrogens (tertiary/aromatic N) is 3. The van der Waals surface area contributed by atoms with Gasteiger partial charge in [0.25, 0.3) is 5.91 Å². The summed E-state index contributed by atoms with van der Waals surface area (Å²) < 4.78 is 18.2. The fourth-order valence-corrected chi connectivity index (χ4v) is 3.26. The van der Waals surface area contributed by atoms with Gasteiger partial charge >= 0.3 is 6.09 Å². The van der Waals surface area contributed by atoms with Gasteiger partial charge in [0.1, 0.15) is 23.9 Å². The lowest BCUT2D eigenvalue weighted by molar-refractivity contribution is 0.0998. The van der Waals surface area contributed by atoms with Crippen molar-refractivity contribution in [1.82, 2.24) is 14.7 Å². The number of carbonyl (C=O) groups is 2. The SMILES string of the molecule is Cn1ncc2cc(C(N)=O)c(Oc3ccc(OCCCN4CCOC4=O)cc3)cc21. The van der Waals surface area contributed by atoms with Gasteiger partial charge in [-0.2, -0.15) is 5.10 Å². The molecule has 0 saturated carbocycles. The molecule has 0 bridgehead atoms. The Kier molecular flexibility index (Phi) is 5.42. The molecule has 1 aliphatic heterocycles. The summed E-state index contributed by atoms with van der Waals surface area (Å²) in [5, 5.41) is 4.99. The maximum atomic E-state index is 11.8. The molecule has 9 heteroatoms. The van der Waals surface area contributed by atoms with E-state index in [2.05, 4.69) is 5.10 Å². The Morgan fingerprint density at radius 2 is 2.00 bits per heavy atom. The number of hydrogen-bond donors (Lipinski definition) is 1. The van der Waals surface area contributed by atoms with Gasteiger partial charge in [-0.05, 0) is 36.8 Å². The highest BCUT2D eigenvalue weighted by atomic mass is 16.6. The molecule has 2 amide bonds. The van der Waals surface area contributed by atoms with Crippen molar-refractivity contribution < 1.29 is 23.8 Å². The smallest absolute Gasteiger partial charge is 0.409 e. The van der Waals surface area contributed by atoms with E-state index in [1.807, 2.05) is 7.05 Å². The lowest BCUT2D eigenvalue weighted by Gasteiger charge is -2.13. The molecule has 0 radical (unpaired) electrons. The van der Waals surface area contributed by atoms with Crippen LogP contribution in [0.3, 0.4) is 0 Å². The number of amides is 2. The molecule has 1 saturated heterocycles. The average Bonchev–Trinajstić information content (AvgIpc) is 3.31. The van der Waals surface area contributed by atoms with E-state index < -0.39 is 5.91 Å². The number of rotatable bonds is 8. The lowest BCUT2D eigenvalue weighted by atomic mass is 10.1. The predicted octanol–water partition coefficient (Wildman–Crippen LogP) is 2.69. The van der Waals surface area contributed by atoms with Crippen LogP contribution in [-0.2, 0) is 11.8 Å². The molecular weight excluding hydrogens is 388 g/mol. The van der Waals surface area contributed by atoms with Crippen LogP contribution in [0.25, 0.3) is 10.9 Å². The molecule has 1 aromatic heterocycles. The van der Waals surface area contributed by atoms with Crippen molar-refractivity contribution in [2.24, 2.45) is 12.8 Å². The van der Waals surface area contributed by atoms with Crippen molar-refractivity contribution in [3.05, 3.63) is 48.2 Å². The first-order chi connectivity index (χ1) is 14.5. The highest BCUT2D eigenvalue weighted by Gasteiger charge is 2.20. The largest absolute Gasteiger partial charge is 0.494 e. The summed E-state index contributed by atoms with van der Waals surface area (Å²) in [5.41, 5.74) is 6.63. The Hall–Kier alpha value is -3.75. The number of nitrogens with two attached hydrogens (primary N) is 1. The molecule has 2 aromatic carbocycles. The summed E-state index contributed by atoms with van der Waals surface area (Å²) in [4.78, 5) is 24.9.